The third kappa shape index (κ3) is 3.49. The molecule has 0 unspecified atom stereocenters. The van der Waals surface area contributed by atoms with Crippen molar-refractivity contribution in [1.82, 2.24) is 0 Å². The minimum absolute atomic E-state index is 0.178. The summed E-state index contributed by atoms with van der Waals surface area (Å²) in [6.07, 6.45) is -4.77. The largest absolute Gasteiger partial charge is 0.478 e. The van der Waals surface area contributed by atoms with Gasteiger partial charge in [0.1, 0.15) is 0 Å². The molecule has 0 amide bonds. The quantitative estimate of drug-likeness (QED) is 0.800. The Morgan fingerprint density at radius 1 is 0.952 bits per heavy atom. The maximum atomic E-state index is 12.9. The van der Waals surface area contributed by atoms with Gasteiger partial charge in [0.2, 0.25) is 0 Å². The first-order chi connectivity index (χ1) is 9.68. The maximum absolute atomic E-state index is 12.9. The molecule has 2 rings (SSSR count). The van der Waals surface area contributed by atoms with Crippen molar-refractivity contribution in [2.24, 2.45) is 0 Å². The molecule has 2 aromatic rings. The maximum Gasteiger partial charge on any atom is 0.417 e. The van der Waals surface area contributed by atoms with Crippen molar-refractivity contribution in [3.05, 3.63) is 57.6 Å². The predicted octanol–water partition coefficient (Wildman–Crippen LogP) is 5.38. The van der Waals surface area contributed by atoms with Gasteiger partial charge in [0.15, 0.2) is 0 Å². The fraction of sp³-hybridized carbons (Fsp3) is 0.0714. The lowest BCUT2D eigenvalue weighted by atomic mass is 9.99. The third-order valence-electron chi connectivity index (χ3n) is 2.75. The van der Waals surface area contributed by atoms with E-state index in [4.69, 9.17) is 28.3 Å². The third-order valence-corrected chi connectivity index (χ3v) is 3.19. The lowest BCUT2D eigenvalue weighted by molar-refractivity contribution is -0.138. The summed E-state index contributed by atoms with van der Waals surface area (Å²) in [4.78, 5) is 10.9. The van der Waals surface area contributed by atoms with Crippen molar-refractivity contribution >= 4 is 29.2 Å². The Balaban J connectivity index is 2.64. The molecule has 0 radical (unpaired) electrons. The molecule has 1 N–H and O–H groups in total. The molecular weight excluding hydrogens is 328 g/mol. The number of alkyl halides is 3. The molecule has 0 aliphatic heterocycles. The zero-order chi connectivity index (χ0) is 15.8. The summed E-state index contributed by atoms with van der Waals surface area (Å²) in [5, 5.41) is 9.38. The molecule has 110 valence electrons. The first-order valence-electron chi connectivity index (χ1n) is 5.59. The molecule has 0 atom stereocenters. The van der Waals surface area contributed by atoms with Gasteiger partial charge in [0, 0.05) is 10.0 Å². The highest BCUT2D eigenvalue weighted by Gasteiger charge is 2.35. The SMILES string of the molecule is O=C(O)c1ccc(-c2cc(Cl)cc(Cl)c2)cc1C(F)(F)F. The van der Waals surface area contributed by atoms with Gasteiger partial charge < -0.3 is 5.11 Å². The zero-order valence-electron chi connectivity index (χ0n) is 10.2. The molecule has 0 aromatic heterocycles. The number of carbonyl (C=O) groups is 1. The number of carboxylic acid groups (broad SMARTS) is 1. The molecule has 2 nitrogen and oxygen atoms in total. The summed E-state index contributed by atoms with van der Waals surface area (Å²) in [5.74, 6) is -1.64. The second kappa shape index (κ2) is 5.58. The van der Waals surface area contributed by atoms with E-state index in [0.29, 0.717) is 5.56 Å². The van der Waals surface area contributed by atoms with Gasteiger partial charge in [-0.3, -0.25) is 0 Å². The molecule has 0 aliphatic rings. The number of benzene rings is 2. The van der Waals surface area contributed by atoms with Crippen LogP contribution in [0.1, 0.15) is 15.9 Å². The van der Waals surface area contributed by atoms with E-state index in [-0.39, 0.29) is 15.6 Å². The Hall–Kier alpha value is -1.72. The first-order valence-corrected chi connectivity index (χ1v) is 6.35. The molecule has 2 aromatic carbocycles. The van der Waals surface area contributed by atoms with Gasteiger partial charge in [-0.05, 0) is 41.5 Å². The van der Waals surface area contributed by atoms with Crippen LogP contribution in [0.5, 0.6) is 0 Å². The average Bonchev–Trinajstić information content (AvgIpc) is 2.35. The fourth-order valence-corrected chi connectivity index (χ4v) is 2.39. The summed E-state index contributed by atoms with van der Waals surface area (Å²) < 4.78 is 38.8. The highest BCUT2D eigenvalue weighted by molar-refractivity contribution is 6.35. The van der Waals surface area contributed by atoms with E-state index < -0.39 is 23.3 Å². The Kier molecular flexibility index (Phi) is 4.16. The fourth-order valence-electron chi connectivity index (χ4n) is 1.87. The minimum Gasteiger partial charge on any atom is -0.478 e. The van der Waals surface area contributed by atoms with Crippen LogP contribution in [0.15, 0.2) is 36.4 Å². The second-order valence-corrected chi connectivity index (χ2v) is 5.09. The van der Waals surface area contributed by atoms with Gasteiger partial charge in [-0.1, -0.05) is 29.3 Å². The van der Waals surface area contributed by atoms with Gasteiger partial charge in [0.05, 0.1) is 11.1 Å². The molecule has 7 heteroatoms. The number of carboxylic acids is 1. The molecule has 0 saturated carbocycles. The molecule has 0 fully saturated rings. The summed E-state index contributed by atoms with van der Waals surface area (Å²) in [7, 11) is 0. The van der Waals surface area contributed by atoms with Gasteiger partial charge in [-0.25, -0.2) is 4.79 Å². The number of hydrogen-bond acceptors (Lipinski definition) is 1. The van der Waals surface area contributed by atoms with E-state index in [1.807, 2.05) is 0 Å². The van der Waals surface area contributed by atoms with Crippen LogP contribution in [0.25, 0.3) is 11.1 Å². The minimum atomic E-state index is -4.77. The molecule has 0 heterocycles. The van der Waals surface area contributed by atoms with Crippen LogP contribution in [0.2, 0.25) is 10.0 Å². The van der Waals surface area contributed by atoms with Gasteiger partial charge >= 0.3 is 12.1 Å². The van der Waals surface area contributed by atoms with Crippen molar-refractivity contribution in [2.45, 2.75) is 6.18 Å². The highest BCUT2D eigenvalue weighted by Crippen LogP contribution is 2.36. The van der Waals surface area contributed by atoms with Crippen molar-refractivity contribution in [3.8, 4) is 11.1 Å². The van der Waals surface area contributed by atoms with Crippen LogP contribution < -0.4 is 0 Å². The topological polar surface area (TPSA) is 37.3 Å². The highest BCUT2D eigenvalue weighted by atomic mass is 35.5. The van der Waals surface area contributed by atoms with E-state index in [9.17, 15) is 18.0 Å². The monoisotopic (exact) mass is 334 g/mol. The number of rotatable bonds is 2. The Morgan fingerprint density at radius 3 is 2.00 bits per heavy atom. The summed E-state index contributed by atoms with van der Waals surface area (Å²) in [6, 6.07) is 7.30. The van der Waals surface area contributed by atoms with Crippen molar-refractivity contribution in [2.75, 3.05) is 0 Å². The van der Waals surface area contributed by atoms with Crippen LogP contribution in [0.3, 0.4) is 0 Å². The van der Waals surface area contributed by atoms with Crippen LogP contribution >= 0.6 is 23.2 Å². The average molecular weight is 335 g/mol. The van der Waals surface area contributed by atoms with E-state index in [1.165, 1.54) is 24.3 Å². The predicted molar refractivity (Wildman–Crippen MR) is 73.9 cm³/mol. The van der Waals surface area contributed by atoms with Crippen LogP contribution in [-0.2, 0) is 6.18 Å². The first kappa shape index (κ1) is 15.7. The Labute approximate surface area is 127 Å². The van der Waals surface area contributed by atoms with Crippen molar-refractivity contribution in [3.63, 3.8) is 0 Å². The Bertz CT molecular complexity index is 692. The zero-order valence-corrected chi connectivity index (χ0v) is 11.7. The molecular formula is C14H7Cl2F3O2. The smallest absolute Gasteiger partial charge is 0.417 e. The van der Waals surface area contributed by atoms with E-state index in [2.05, 4.69) is 0 Å². The second-order valence-electron chi connectivity index (χ2n) is 4.22. The lowest BCUT2D eigenvalue weighted by Crippen LogP contribution is -2.12. The summed E-state index contributed by atoms with van der Waals surface area (Å²) in [6.45, 7) is 0. The summed E-state index contributed by atoms with van der Waals surface area (Å²) >= 11 is 11.6. The molecule has 21 heavy (non-hydrogen) atoms. The Morgan fingerprint density at radius 2 is 1.52 bits per heavy atom. The van der Waals surface area contributed by atoms with Gasteiger partial charge in [-0.15, -0.1) is 0 Å². The standard InChI is InChI=1S/C14H7Cl2F3O2/c15-9-3-8(4-10(16)6-9)7-1-2-11(13(20)21)12(5-7)14(17,18)19/h1-6H,(H,20,21). The number of halogens is 5. The number of hydrogen-bond donors (Lipinski definition) is 1. The number of aromatic carboxylic acids is 1. The summed E-state index contributed by atoms with van der Waals surface area (Å²) in [5.41, 5.74) is -1.48. The van der Waals surface area contributed by atoms with Crippen LogP contribution in [0, 0.1) is 0 Å². The molecule has 0 spiro atoms. The van der Waals surface area contributed by atoms with E-state index in [1.54, 1.807) is 0 Å². The van der Waals surface area contributed by atoms with Crippen LogP contribution in [0.4, 0.5) is 13.2 Å². The molecule has 0 saturated heterocycles. The van der Waals surface area contributed by atoms with Gasteiger partial charge in [-0.2, -0.15) is 13.2 Å². The lowest BCUT2D eigenvalue weighted by Gasteiger charge is -2.12. The van der Waals surface area contributed by atoms with E-state index >= 15 is 0 Å². The molecule has 0 bridgehead atoms. The normalized spacial score (nSPS) is 11.5. The molecule has 0 aliphatic carbocycles. The van der Waals surface area contributed by atoms with Crippen molar-refractivity contribution < 1.29 is 23.1 Å². The van der Waals surface area contributed by atoms with E-state index in [0.717, 1.165) is 12.1 Å². The van der Waals surface area contributed by atoms with Crippen molar-refractivity contribution in [1.29, 1.82) is 0 Å². The van der Waals surface area contributed by atoms with Crippen LogP contribution in [-0.4, -0.2) is 11.1 Å². The van der Waals surface area contributed by atoms with Gasteiger partial charge in [0.25, 0.3) is 0 Å².